The maximum absolute atomic E-state index is 11.8. The number of rotatable bonds is 3. The first-order chi connectivity index (χ1) is 7.52. The largest absolute Gasteiger partial charge is 0.352 e. The third-order valence-corrected chi connectivity index (χ3v) is 2.88. The summed E-state index contributed by atoms with van der Waals surface area (Å²) >= 11 is 0. The van der Waals surface area contributed by atoms with Crippen molar-refractivity contribution < 1.29 is 9.59 Å². The molecule has 2 atom stereocenters. The second-order valence-electron chi connectivity index (χ2n) is 4.79. The topological polar surface area (TPSA) is 49.4 Å². The molecule has 0 aromatic carbocycles. The minimum atomic E-state index is -0.0120. The summed E-state index contributed by atoms with van der Waals surface area (Å²) in [6.45, 7) is 7.16. The van der Waals surface area contributed by atoms with E-state index in [1.54, 1.807) is 0 Å². The lowest BCUT2D eigenvalue weighted by Gasteiger charge is -2.36. The van der Waals surface area contributed by atoms with Crippen molar-refractivity contribution in [3.8, 4) is 0 Å². The molecule has 1 fully saturated rings. The van der Waals surface area contributed by atoms with Crippen LogP contribution in [0, 0.1) is 5.92 Å². The van der Waals surface area contributed by atoms with Crippen molar-refractivity contribution in [1.82, 2.24) is 10.2 Å². The number of nitrogens with zero attached hydrogens (tertiary/aromatic N) is 1. The lowest BCUT2D eigenvalue weighted by molar-refractivity contribution is -0.134. The Labute approximate surface area is 97.4 Å². The fraction of sp³-hybridized carbons (Fsp3) is 0.833. The van der Waals surface area contributed by atoms with Crippen molar-refractivity contribution in [3.63, 3.8) is 0 Å². The van der Waals surface area contributed by atoms with E-state index in [2.05, 4.69) is 12.2 Å². The molecule has 1 aliphatic heterocycles. The van der Waals surface area contributed by atoms with Crippen molar-refractivity contribution in [2.24, 2.45) is 5.92 Å². The second-order valence-corrected chi connectivity index (χ2v) is 4.79. The summed E-state index contributed by atoms with van der Waals surface area (Å²) in [5.41, 5.74) is 0. The lowest BCUT2D eigenvalue weighted by Crippen LogP contribution is -2.51. The summed E-state index contributed by atoms with van der Waals surface area (Å²) < 4.78 is 0. The van der Waals surface area contributed by atoms with Crippen LogP contribution in [0.5, 0.6) is 0 Å². The van der Waals surface area contributed by atoms with Gasteiger partial charge in [0.05, 0.1) is 0 Å². The molecule has 0 aromatic heterocycles. The van der Waals surface area contributed by atoms with Gasteiger partial charge in [-0.1, -0.05) is 13.8 Å². The highest BCUT2D eigenvalue weighted by Gasteiger charge is 2.27. The minimum Gasteiger partial charge on any atom is -0.352 e. The Morgan fingerprint density at radius 2 is 2.06 bits per heavy atom. The summed E-state index contributed by atoms with van der Waals surface area (Å²) in [5.74, 6) is 0.665. The molecule has 1 N–H and O–H groups in total. The third-order valence-electron chi connectivity index (χ3n) is 2.88. The summed E-state index contributed by atoms with van der Waals surface area (Å²) in [5, 5.41) is 2.91. The summed E-state index contributed by atoms with van der Waals surface area (Å²) in [6.07, 6.45) is 2.46. The first kappa shape index (κ1) is 13.0. The van der Waals surface area contributed by atoms with E-state index >= 15 is 0 Å². The zero-order valence-electron chi connectivity index (χ0n) is 10.5. The molecule has 16 heavy (non-hydrogen) atoms. The molecule has 0 saturated carbocycles. The number of amides is 2. The van der Waals surface area contributed by atoms with Gasteiger partial charge in [0.15, 0.2) is 0 Å². The van der Waals surface area contributed by atoms with Crippen LogP contribution >= 0.6 is 0 Å². The zero-order valence-corrected chi connectivity index (χ0v) is 10.5. The van der Waals surface area contributed by atoms with Crippen molar-refractivity contribution in [2.75, 3.05) is 13.1 Å². The highest BCUT2D eigenvalue weighted by atomic mass is 16.2. The van der Waals surface area contributed by atoms with Crippen LogP contribution in [-0.2, 0) is 9.59 Å². The van der Waals surface area contributed by atoms with E-state index in [0.717, 1.165) is 19.4 Å². The van der Waals surface area contributed by atoms with Crippen molar-refractivity contribution in [2.45, 2.75) is 46.1 Å². The number of carbonyl (C=O) groups is 2. The number of piperidine rings is 1. The molecule has 1 heterocycles. The molecule has 1 rings (SSSR count). The SMILES string of the molecule is CCCC(=O)N1CC(C)CC(NC(C)=O)C1. The molecule has 0 bridgehead atoms. The van der Waals surface area contributed by atoms with Gasteiger partial charge in [0, 0.05) is 32.5 Å². The van der Waals surface area contributed by atoms with Gasteiger partial charge >= 0.3 is 0 Å². The van der Waals surface area contributed by atoms with E-state index in [0.29, 0.717) is 18.9 Å². The third kappa shape index (κ3) is 3.83. The number of hydrogen-bond donors (Lipinski definition) is 1. The number of hydrogen-bond acceptors (Lipinski definition) is 2. The Morgan fingerprint density at radius 1 is 1.38 bits per heavy atom. The summed E-state index contributed by atoms with van der Waals surface area (Å²) in [7, 11) is 0. The van der Waals surface area contributed by atoms with Gasteiger partial charge in [-0.25, -0.2) is 0 Å². The predicted molar refractivity (Wildman–Crippen MR) is 62.9 cm³/mol. The van der Waals surface area contributed by atoms with Gasteiger partial charge in [-0.05, 0) is 18.8 Å². The average molecular weight is 226 g/mol. The monoisotopic (exact) mass is 226 g/mol. The van der Waals surface area contributed by atoms with E-state index < -0.39 is 0 Å². The maximum atomic E-state index is 11.8. The smallest absolute Gasteiger partial charge is 0.222 e. The highest BCUT2D eigenvalue weighted by molar-refractivity contribution is 5.76. The fourth-order valence-corrected chi connectivity index (χ4v) is 2.32. The van der Waals surface area contributed by atoms with Crippen LogP contribution in [0.1, 0.15) is 40.0 Å². The Balaban J connectivity index is 2.53. The van der Waals surface area contributed by atoms with E-state index in [4.69, 9.17) is 0 Å². The Hall–Kier alpha value is -1.06. The quantitative estimate of drug-likeness (QED) is 0.785. The molecular formula is C12H22N2O2. The van der Waals surface area contributed by atoms with E-state index in [9.17, 15) is 9.59 Å². The molecule has 0 aromatic rings. The zero-order chi connectivity index (χ0) is 12.1. The molecule has 92 valence electrons. The predicted octanol–water partition coefficient (Wildman–Crippen LogP) is 1.16. The van der Waals surface area contributed by atoms with Gasteiger partial charge < -0.3 is 10.2 Å². The summed E-state index contributed by atoms with van der Waals surface area (Å²) in [4.78, 5) is 24.7. The standard InChI is InChI=1S/C12H22N2O2/c1-4-5-12(16)14-7-9(2)6-11(8-14)13-10(3)15/h9,11H,4-8H2,1-3H3,(H,13,15). The van der Waals surface area contributed by atoms with Crippen LogP contribution in [0.15, 0.2) is 0 Å². The normalized spacial score (nSPS) is 25.3. The summed E-state index contributed by atoms with van der Waals surface area (Å²) in [6, 6.07) is 0.127. The molecule has 1 saturated heterocycles. The lowest BCUT2D eigenvalue weighted by atomic mass is 9.95. The highest BCUT2D eigenvalue weighted by Crippen LogP contribution is 2.17. The van der Waals surface area contributed by atoms with Crippen LogP contribution in [-0.4, -0.2) is 35.8 Å². The van der Waals surface area contributed by atoms with Gasteiger partial charge in [0.2, 0.25) is 11.8 Å². The van der Waals surface area contributed by atoms with E-state index in [1.165, 1.54) is 6.92 Å². The van der Waals surface area contributed by atoms with Gasteiger partial charge in [-0.2, -0.15) is 0 Å². The van der Waals surface area contributed by atoms with Gasteiger partial charge in [0.25, 0.3) is 0 Å². The van der Waals surface area contributed by atoms with Crippen molar-refractivity contribution in [1.29, 1.82) is 0 Å². The first-order valence-electron chi connectivity index (χ1n) is 6.07. The Bertz CT molecular complexity index is 266. The molecular weight excluding hydrogens is 204 g/mol. The van der Waals surface area contributed by atoms with Crippen molar-refractivity contribution in [3.05, 3.63) is 0 Å². The average Bonchev–Trinajstić information content (AvgIpc) is 2.15. The Kier molecular flexibility index (Phi) is 4.77. The van der Waals surface area contributed by atoms with Crippen molar-refractivity contribution >= 4 is 11.8 Å². The molecule has 0 spiro atoms. The van der Waals surface area contributed by atoms with E-state index in [-0.39, 0.29) is 17.9 Å². The van der Waals surface area contributed by atoms with Crippen LogP contribution < -0.4 is 5.32 Å². The molecule has 4 nitrogen and oxygen atoms in total. The number of carbonyl (C=O) groups excluding carboxylic acids is 2. The number of likely N-dealkylation sites (tertiary alicyclic amines) is 1. The van der Waals surface area contributed by atoms with Crippen LogP contribution in [0.25, 0.3) is 0 Å². The molecule has 4 heteroatoms. The molecule has 0 radical (unpaired) electrons. The molecule has 1 aliphatic rings. The second kappa shape index (κ2) is 5.87. The number of nitrogens with one attached hydrogen (secondary N) is 1. The van der Waals surface area contributed by atoms with Gasteiger partial charge in [0.1, 0.15) is 0 Å². The van der Waals surface area contributed by atoms with Crippen LogP contribution in [0.2, 0.25) is 0 Å². The Morgan fingerprint density at radius 3 is 2.62 bits per heavy atom. The fourth-order valence-electron chi connectivity index (χ4n) is 2.32. The van der Waals surface area contributed by atoms with Crippen LogP contribution in [0.3, 0.4) is 0 Å². The molecule has 2 amide bonds. The maximum Gasteiger partial charge on any atom is 0.222 e. The molecule has 2 unspecified atom stereocenters. The van der Waals surface area contributed by atoms with Gasteiger partial charge in [-0.3, -0.25) is 9.59 Å². The molecule has 0 aliphatic carbocycles. The van der Waals surface area contributed by atoms with Gasteiger partial charge in [-0.15, -0.1) is 0 Å². The minimum absolute atomic E-state index is 0.0120. The first-order valence-corrected chi connectivity index (χ1v) is 6.07. The van der Waals surface area contributed by atoms with E-state index in [1.807, 2.05) is 11.8 Å². The van der Waals surface area contributed by atoms with Crippen LogP contribution in [0.4, 0.5) is 0 Å².